The van der Waals surface area contributed by atoms with Crippen molar-refractivity contribution in [3.8, 4) is 0 Å². The number of esters is 1. The fraction of sp³-hybridized carbons (Fsp3) is 0.719. The van der Waals surface area contributed by atoms with Gasteiger partial charge in [0.05, 0.1) is 6.10 Å². The first kappa shape index (κ1) is 29.3. The summed E-state index contributed by atoms with van der Waals surface area (Å²) in [5.41, 5.74) is 3.81. The van der Waals surface area contributed by atoms with Crippen LogP contribution in [0.2, 0.25) is 0 Å². The topological polar surface area (TPSA) is 96.2 Å². The molecule has 1 aliphatic heterocycles. The molecule has 4 aliphatic rings. The minimum Gasteiger partial charge on any atom is -0.458 e. The molecule has 0 aromatic carbocycles. The van der Waals surface area contributed by atoms with Gasteiger partial charge in [-0.05, 0) is 85.7 Å². The van der Waals surface area contributed by atoms with E-state index in [0.29, 0.717) is 48.3 Å². The van der Waals surface area contributed by atoms with Gasteiger partial charge in [0.2, 0.25) is 0 Å². The monoisotopic (exact) mass is 528 g/mol. The fourth-order valence-corrected chi connectivity index (χ4v) is 8.08. The molecule has 9 atom stereocenters. The van der Waals surface area contributed by atoms with E-state index in [-0.39, 0.29) is 30.0 Å². The van der Waals surface area contributed by atoms with Crippen LogP contribution in [0.15, 0.2) is 47.6 Å². The van der Waals surface area contributed by atoms with E-state index in [1.54, 1.807) is 0 Å². The van der Waals surface area contributed by atoms with Gasteiger partial charge < -0.3 is 24.8 Å². The van der Waals surface area contributed by atoms with Crippen molar-refractivity contribution in [1.82, 2.24) is 0 Å². The Balaban J connectivity index is 1.45. The van der Waals surface area contributed by atoms with E-state index in [4.69, 9.17) is 14.6 Å². The van der Waals surface area contributed by atoms with Crippen LogP contribution in [0.3, 0.4) is 0 Å². The molecule has 0 amide bonds. The largest absolute Gasteiger partial charge is 0.458 e. The van der Waals surface area contributed by atoms with Gasteiger partial charge in [0.25, 0.3) is 0 Å². The van der Waals surface area contributed by atoms with Crippen molar-refractivity contribution in [1.29, 1.82) is 0 Å². The summed E-state index contributed by atoms with van der Waals surface area (Å²) in [6, 6.07) is 0. The van der Waals surface area contributed by atoms with Crippen LogP contribution in [-0.2, 0) is 14.3 Å². The summed E-state index contributed by atoms with van der Waals surface area (Å²) in [5.74, 6) is 1.48. The van der Waals surface area contributed by atoms with E-state index in [1.807, 2.05) is 0 Å². The highest BCUT2D eigenvalue weighted by molar-refractivity contribution is 5.90. The second-order valence-electron chi connectivity index (χ2n) is 12.4. The van der Waals surface area contributed by atoms with Crippen molar-refractivity contribution in [2.75, 3.05) is 13.2 Å². The van der Waals surface area contributed by atoms with E-state index in [1.165, 1.54) is 24.8 Å². The van der Waals surface area contributed by atoms with Gasteiger partial charge in [-0.1, -0.05) is 51.7 Å². The first-order chi connectivity index (χ1) is 18.1. The lowest BCUT2D eigenvalue weighted by molar-refractivity contribution is -0.140. The molecular weight excluding hydrogens is 480 g/mol. The number of hydrogen-bond acceptors (Lipinski definition) is 6. The summed E-state index contributed by atoms with van der Waals surface area (Å²) >= 11 is 0. The minimum absolute atomic E-state index is 0.0152. The van der Waals surface area contributed by atoms with Crippen molar-refractivity contribution >= 4 is 5.97 Å². The number of hydrogen-bond donors (Lipinski definition) is 3. The first-order valence-corrected chi connectivity index (χ1v) is 14.7. The van der Waals surface area contributed by atoms with Gasteiger partial charge in [-0.3, -0.25) is 0 Å². The summed E-state index contributed by atoms with van der Waals surface area (Å²) in [6.45, 7) is 15.3. The van der Waals surface area contributed by atoms with Crippen LogP contribution < -0.4 is 0 Å². The zero-order valence-electron chi connectivity index (χ0n) is 23.5. The predicted molar refractivity (Wildman–Crippen MR) is 148 cm³/mol. The first-order valence-electron chi connectivity index (χ1n) is 14.7. The molecule has 0 radical (unpaired) electrons. The maximum atomic E-state index is 12.1. The second-order valence-corrected chi connectivity index (χ2v) is 12.4. The molecule has 0 unspecified atom stereocenters. The van der Waals surface area contributed by atoms with E-state index in [9.17, 15) is 15.0 Å². The molecule has 4 fully saturated rings. The number of carbonyl (C=O) groups excluding carboxylic acids is 1. The highest BCUT2D eigenvalue weighted by atomic mass is 16.6. The Morgan fingerprint density at radius 2 is 1.97 bits per heavy atom. The van der Waals surface area contributed by atoms with Crippen molar-refractivity contribution in [3.05, 3.63) is 47.6 Å². The molecular formula is C32H48O6. The number of fused-ring (bicyclic) bond motifs is 1. The lowest BCUT2D eigenvalue weighted by Gasteiger charge is -2.45. The van der Waals surface area contributed by atoms with E-state index in [0.717, 1.165) is 31.3 Å². The van der Waals surface area contributed by atoms with Gasteiger partial charge in [-0.2, -0.15) is 0 Å². The van der Waals surface area contributed by atoms with E-state index in [2.05, 4.69) is 46.1 Å². The average Bonchev–Trinajstić information content (AvgIpc) is 3.37. The van der Waals surface area contributed by atoms with Crippen LogP contribution in [0.4, 0.5) is 0 Å². The Morgan fingerprint density at radius 1 is 1.21 bits per heavy atom. The van der Waals surface area contributed by atoms with Crippen molar-refractivity contribution in [3.63, 3.8) is 0 Å². The normalized spacial score (nSPS) is 40.6. The maximum absolute atomic E-state index is 12.1. The Hall–Kier alpha value is -1.73. The van der Waals surface area contributed by atoms with Crippen LogP contribution in [0.1, 0.15) is 78.6 Å². The van der Waals surface area contributed by atoms with Crippen LogP contribution in [0.5, 0.6) is 0 Å². The van der Waals surface area contributed by atoms with Crippen LogP contribution in [0.25, 0.3) is 0 Å². The highest BCUT2D eigenvalue weighted by Crippen LogP contribution is 2.60. The molecule has 212 valence electrons. The molecule has 3 N–H and O–H groups in total. The number of allylic oxidation sites excluding steroid dienone is 3. The number of ether oxygens (including phenoxy) is 2. The zero-order chi connectivity index (χ0) is 27.6. The predicted octanol–water partition coefficient (Wildman–Crippen LogP) is 5.04. The third-order valence-corrected chi connectivity index (χ3v) is 10.2. The standard InChI is InChI=1S/C32H48O6/c1-6-24-21(4)31(36)38-28(24)17-19(2)25-12-13-26-22(9-7-14-32(25,26)5)10-11-23-18-27(34)30(29(35)20(23)3)37-16-8-15-33/h10-11,19,24-30,33-35H,3-4,6-9,12-18H2,1-2,5H3/t19-,24-,25-,26+,27-,28+,29-,30+,32-/m1/s1. The maximum Gasteiger partial charge on any atom is 0.334 e. The number of aliphatic hydroxyl groups excluding tert-OH is 3. The molecule has 6 nitrogen and oxygen atoms in total. The Morgan fingerprint density at radius 3 is 2.68 bits per heavy atom. The Kier molecular flexibility index (Phi) is 9.39. The molecule has 4 rings (SSSR count). The quantitative estimate of drug-likeness (QED) is 0.220. The van der Waals surface area contributed by atoms with Gasteiger partial charge in [-0.15, -0.1) is 0 Å². The molecule has 3 aliphatic carbocycles. The molecule has 1 saturated heterocycles. The summed E-state index contributed by atoms with van der Waals surface area (Å²) < 4.78 is 11.4. The lowest BCUT2D eigenvalue weighted by atomic mass is 9.60. The number of carbonyl (C=O) groups is 1. The SMILES string of the molecule is C=C1C(=CC=C2CCC[C@]3(C)[C@@H]([C@H](C)C[C@@H]4OC(=O)C(=C)[C@H]4CC)CC[C@@H]23)C[C@@H](O)[C@H](OCCCO)[C@@H]1O. The van der Waals surface area contributed by atoms with Crippen LogP contribution >= 0.6 is 0 Å². The fourth-order valence-electron chi connectivity index (χ4n) is 8.08. The van der Waals surface area contributed by atoms with E-state index < -0.39 is 18.3 Å². The van der Waals surface area contributed by atoms with E-state index >= 15 is 0 Å². The van der Waals surface area contributed by atoms with Gasteiger partial charge >= 0.3 is 5.97 Å². The molecule has 38 heavy (non-hydrogen) atoms. The van der Waals surface area contributed by atoms with Gasteiger partial charge in [0, 0.05) is 31.1 Å². The molecule has 1 heterocycles. The zero-order valence-corrected chi connectivity index (χ0v) is 23.5. The molecule has 3 saturated carbocycles. The highest BCUT2D eigenvalue weighted by Gasteiger charge is 2.51. The van der Waals surface area contributed by atoms with Crippen molar-refractivity contribution in [2.45, 2.75) is 103 Å². The van der Waals surface area contributed by atoms with Gasteiger partial charge in [-0.25, -0.2) is 4.79 Å². The summed E-state index contributed by atoms with van der Waals surface area (Å²) in [6.07, 6.45) is 10.2. The smallest absolute Gasteiger partial charge is 0.334 e. The molecule has 6 heteroatoms. The van der Waals surface area contributed by atoms with Crippen LogP contribution in [-0.4, -0.2) is 58.9 Å². The van der Waals surface area contributed by atoms with Gasteiger partial charge in [0.15, 0.2) is 0 Å². The number of cyclic esters (lactones) is 1. The molecule has 0 bridgehead atoms. The van der Waals surface area contributed by atoms with Crippen molar-refractivity contribution in [2.24, 2.45) is 29.1 Å². The second kappa shape index (κ2) is 12.2. The lowest BCUT2D eigenvalue weighted by Crippen LogP contribution is -2.45. The average molecular weight is 529 g/mol. The third kappa shape index (κ3) is 5.60. The molecule has 0 spiro atoms. The third-order valence-electron chi connectivity index (χ3n) is 10.2. The molecule has 0 aromatic heterocycles. The summed E-state index contributed by atoms with van der Waals surface area (Å²) in [5, 5.41) is 30.4. The number of aliphatic hydroxyl groups is 3. The Labute approximate surface area is 228 Å². The summed E-state index contributed by atoms with van der Waals surface area (Å²) in [7, 11) is 0. The van der Waals surface area contributed by atoms with Crippen molar-refractivity contribution < 1.29 is 29.6 Å². The minimum atomic E-state index is -0.955. The van der Waals surface area contributed by atoms with Crippen LogP contribution in [0, 0.1) is 29.1 Å². The molecule has 0 aromatic rings. The Bertz CT molecular complexity index is 965. The number of rotatable bonds is 9. The van der Waals surface area contributed by atoms with Gasteiger partial charge in [0.1, 0.15) is 18.3 Å². The summed E-state index contributed by atoms with van der Waals surface area (Å²) in [4.78, 5) is 12.1.